The Kier molecular flexibility index (Phi) is 8.35. The molecule has 0 radical (unpaired) electrons. The van der Waals surface area contributed by atoms with E-state index in [1.807, 2.05) is 36.4 Å². The molecular weight excluding hydrogens is 486 g/mol. The Labute approximate surface area is 218 Å². The Morgan fingerprint density at radius 1 is 0.921 bits per heavy atom. The second-order valence-electron chi connectivity index (χ2n) is 8.22. The maximum Gasteiger partial charge on any atom is 0.325 e. The molecule has 192 valence electrons. The highest BCUT2D eigenvalue weighted by Gasteiger charge is 2.29. The zero-order valence-corrected chi connectivity index (χ0v) is 20.5. The third kappa shape index (κ3) is 6.35. The molecule has 0 fully saturated rings. The molecule has 0 unspecified atom stereocenters. The van der Waals surface area contributed by atoms with Crippen LogP contribution in [0.4, 0.5) is 0 Å². The number of hydrogen-bond acceptors (Lipinski definition) is 7. The fourth-order valence-electron chi connectivity index (χ4n) is 3.73. The third-order valence-electron chi connectivity index (χ3n) is 5.66. The number of ether oxygens (including phenoxy) is 1. The van der Waals surface area contributed by atoms with Crippen molar-refractivity contribution in [3.8, 4) is 17.1 Å². The summed E-state index contributed by atoms with van der Waals surface area (Å²) in [4.78, 5) is 54.6. The molecule has 2 aromatic carbocycles. The lowest BCUT2D eigenvalue weighted by atomic mass is 10.0. The van der Waals surface area contributed by atoms with Crippen LogP contribution in [0.2, 0.25) is 0 Å². The van der Waals surface area contributed by atoms with Crippen LogP contribution < -0.4 is 10.6 Å². The number of carbonyl (C=O) groups excluding carboxylic acids is 4. The van der Waals surface area contributed by atoms with Gasteiger partial charge in [-0.1, -0.05) is 60.7 Å². The van der Waals surface area contributed by atoms with Crippen LogP contribution in [0.5, 0.6) is 0 Å². The van der Waals surface area contributed by atoms with Gasteiger partial charge in [0, 0.05) is 24.4 Å². The molecule has 2 amide bonds. The summed E-state index contributed by atoms with van der Waals surface area (Å²) in [6.45, 7) is -0.469. The van der Waals surface area contributed by atoms with Crippen LogP contribution >= 0.6 is 0 Å². The van der Waals surface area contributed by atoms with Gasteiger partial charge in [0.05, 0.1) is 18.4 Å². The molecule has 10 heteroatoms. The van der Waals surface area contributed by atoms with Gasteiger partial charge in [0.1, 0.15) is 12.6 Å². The minimum Gasteiger partial charge on any atom is -0.468 e. The van der Waals surface area contributed by atoms with E-state index in [2.05, 4.69) is 25.5 Å². The lowest BCUT2D eigenvalue weighted by Gasteiger charge is -2.18. The number of Topliss-reactive ketones (excluding diaryl/α,β-unsaturated/α-hetero) is 1. The number of benzene rings is 2. The first kappa shape index (κ1) is 26.0. The maximum atomic E-state index is 13.4. The predicted molar refractivity (Wildman–Crippen MR) is 138 cm³/mol. The second-order valence-corrected chi connectivity index (χ2v) is 8.22. The molecule has 4 aromatic rings. The average molecular weight is 512 g/mol. The molecule has 0 saturated carbocycles. The first-order valence-electron chi connectivity index (χ1n) is 11.8. The lowest BCUT2D eigenvalue weighted by molar-refractivity contribution is -0.143. The van der Waals surface area contributed by atoms with Crippen molar-refractivity contribution in [3.05, 3.63) is 102 Å². The van der Waals surface area contributed by atoms with Crippen LogP contribution in [-0.2, 0) is 25.5 Å². The molecule has 0 spiro atoms. The van der Waals surface area contributed by atoms with Crippen molar-refractivity contribution in [1.29, 1.82) is 0 Å². The highest BCUT2D eigenvalue weighted by Crippen LogP contribution is 2.19. The lowest BCUT2D eigenvalue weighted by Crippen LogP contribution is -2.49. The van der Waals surface area contributed by atoms with Gasteiger partial charge in [-0.2, -0.15) is 5.10 Å². The van der Waals surface area contributed by atoms with Crippen LogP contribution in [0.15, 0.2) is 91.3 Å². The van der Waals surface area contributed by atoms with E-state index < -0.39 is 36.2 Å². The van der Waals surface area contributed by atoms with Crippen molar-refractivity contribution in [1.82, 2.24) is 25.4 Å². The van der Waals surface area contributed by atoms with Crippen molar-refractivity contribution in [2.75, 3.05) is 13.7 Å². The van der Waals surface area contributed by atoms with E-state index in [0.29, 0.717) is 5.69 Å². The number of ketones is 1. The molecule has 0 aliphatic carbocycles. The summed E-state index contributed by atoms with van der Waals surface area (Å²) in [5, 5.41) is 9.45. The van der Waals surface area contributed by atoms with Crippen LogP contribution in [0.1, 0.15) is 15.9 Å². The Bertz CT molecular complexity index is 1440. The molecular formula is C28H25N5O5. The van der Waals surface area contributed by atoms with Gasteiger partial charge in [-0.05, 0) is 23.8 Å². The number of carbonyl (C=O) groups is 4. The van der Waals surface area contributed by atoms with Crippen LogP contribution in [0.25, 0.3) is 17.1 Å². The number of hydrogen-bond donors (Lipinski definition) is 2. The van der Waals surface area contributed by atoms with Crippen LogP contribution in [0.3, 0.4) is 0 Å². The van der Waals surface area contributed by atoms with E-state index in [0.717, 1.165) is 11.1 Å². The number of nitrogens with one attached hydrogen (secondary N) is 2. The monoisotopic (exact) mass is 511 g/mol. The third-order valence-corrected chi connectivity index (χ3v) is 5.66. The molecule has 0 aliphatic rings. The number of amides is 2. The summed E-state index contributed by atoms with van der Waals surface area (Å²) in [5.41, 5.74) is 2.50. The van der Waals surface area contributed by atoms with Crippen molar-refractivity contribution in [2.45, 2.75) is 12.5 Å². The average Bonchev–Trinajstić information content (AvgIpc) is 3.46. The number of esters is 1. The Hall–Kier alpha value is -5.12. The largest absolute Gasteiger partial charge is 0.468 e. The summed E-state index contributed by atoms with van der Waals surface area (Å²) in [5.74, 6) is -2.97. The fourth-order valence-corrected chi connectivity index (χ4v) is 3.73. The molecule has 0 bridgehead atoms. The molecule has 2 heterocycles. The number of aromatic nitrogens is 3. The smallest absolute Gasteiger partial charge is 0.325 e. The van der Waals surface area contributed by atoms with E-state index in [1.165, 1.54) is 18.0 Å². The summed E-state index contributed by atoms with van der Waals surface area (Å²) < 4.78 is 5.97. The molecule has 38 heavy (non-hydrogen) atoms. The molecule has 0 aliphatic heterocycles. The van der Waals surface area contributed by atoms with Crippen molar-refractivity contribution in [3.63, 3.8) is 0 Å². The molecule has 0 saturated heterocycles. The van der Waals surface area contributed by atoms with Crippen LogP contribution in [0, 0.1) is 0 Å². The van der Waals surface area contributed by atoms with Crippen LogP contribution in [-0.4, -0.2) is 58.0 Å². The van der Waals surface area contributed by atoms with Gasteiger partial charge in [0.25, 0.3) is 11.8 Å². The molecule has 2 aromatic heterocycles. The number of methoxy groups -OCH3 is 1. The maximum absolute atomic E-state index is 13.4. The summed E-state index contributed by atoms with van der Waals surface area (Å²) in [6.07, 6.45) is 3.28. The van der Waals surface area contributed by atoms with Gasteiger partial charge in [0.2, 0.25) is 5.78 Å². The van der Waals surface area contributed by atoms with Crippen molar-refractivity contribution >= 4 is 23.6 Å². The minimum absolute atomic E-state index is 0.0621. The minimum atomic E-state index is -1.20. The predicted octanol–water partition coefficient (Wildman–Crippen LogP) is 2.13. The molecule has 2 N–H and O–H groups in total. The standard InChI is InChI=1S/C28H25N5O5/c1-38-24(34)18-30-28(37)25(35)23(17-19-9-4-2-5-10-19)31-27(36)21-13-8-15-29-26(21)33-16-14-22(32-33)20-11-6-3-7-12-20/h2-16,23H,17-18H2,1H3,(H,30,37)(H,31,36)/t23-/m0/s1. The fraction of sp³-hybridized carbons (Fsp3) is 0.143. The highest BCUT2D eigenvalue weighted by atomic mass is 16.5. The summed E-state index contributed by atoms with van der Waals surface area (Å²) in [7, 11) is 1.17. The first-order chi connectivity index (χ1) is 18.5. The molecule has 4 rings (SSSR count). The van der Waals surface area contributed by atoms with Gasteiger partial charge in [0.15, 0.2) is 5.82 Å². The van der Waals surface area contributed by atoms with Gasteiger partial charge >= 0.3 is 5.97 Å². The Balaban J connectivity index is 1.58. The van der Waals surface area contributed by atoms with Crippen molar-refractivity contribution in [2.24, 2.45) is 0 Å². The SMILES string of the molecule is COC(=O)CNC(=O)C(=O)[C@H](Cc1ccccc1)NC(=O)c1cccnc1-n1ccc(-c2ccccc2)n1. The molecule has 10 nitrogen and oxygen atoms in total. The van der Waals surface area contributed by atoms with Gasteiger partial charge in [-0.25, -0.2) is 9.67 Å². The second kappa shape index (κ2) is 12.2. The van der Waals surface area contributed by atoms with E-state index >= 15 is 0 Å². The zero-order chi connectivity index (χ0) is 26.9. The number of pyridine rings is 1. The van der Waals surface area contributed by atoms with E-state index in [4.69, 9.17) is 0 Å². The summed E-state index contributed by atoms with van der Waals surface area (Å²) in [6, 6.07) is 22.3. The van der Waals surface area contributed by atoms with Gasteiger partial charge in [-0.15, -0.1) is 0 Å². The van der Waals surface area contributed by atoms with Crippen molar-refractivity contribution < 1.29 is 23.9 Å². The quantitative estimate of drug-likeness (QED) is 0.246. The first-order valence-corrected chi connectivity index (χ1v) is 11.8. The van der Waals surface area contributed by atoms with E-state index in [-0.39, 0.29) is 17.8 Å². The normalized spacial score (nSPS) is 11.3. The van der Waals surface area contributed by atoms with Gasteiger partial charge in [-0.3, -0.25) is 19.2 Å². The zero-order valence-electron chi connectivity index (χ0n) is 20.5. The summed E-state index contributed by atoms with van der Waals surface area (Å²) >= 11 is 0. The molecule has 1 atom stereocenters. The van der Waals surface area contributed by atoms with E-state index in [1.54, 1.807) is 48.7 Å². The Morgan fingerprint density at radius 3 is 2.34 bits per heavy atom. The highest BCUT2D eigenvalue weighted by molar-refractivity contribution is 6.38. The Morgan fingerprint density at radius 2 is 1.63 bits per heavy atom. The van der Waals surface area contributed by atoms with E-state index in [9.17, 15) is 19.2 Å². The topological polar surface area (TPSA) is 132 Å². The number of nitrogens with zero attached hydrogens (tertiary/aromatic N) is 3. The van der Waals surface area contributed by atoms with Gasteiger partial charge < -0.3 is 15.4 Å². The number of rotatable bonds is 10.